The summed E-state index contributed by atoms with van der Waals surface area (Å²) in [4.78, 5) is 1.03. The average Bonchev–Trinajstić information content (AvgIpc) is 3.04. The van der Waals surface area contributed by atoms with Gasteiger partial charge in [-0.25, -0.2) is 0 Å². The molecule has 7 heteroatoms. The van der Waals surface area contributed by atoms with Gasteiger partial charge in [0.2, 0.25) is 0 Å². The Bertz CT molecular complexity index is 498. The van der Waals surface area contributed by atoms with Crippen molar-refractivity contribution in [3.8, 4) is 0 Å². The highest BCUT2D eigenvalue weighted by molar-refractivity contribution is 7.87. The molecule has 1 aromatic heterocycles. The lowest BCUT2D eigenvalue weighted by atomic mass is 10.3. The number of hydrogen-bond donors (Lipinski definition) is 2. The quantitative estimate of drug-likeness (QED) is 0.682. The Labute approximate surface area is 125 Å². The van der Waals surface area contributed by atoms with Crippen LogP contribution in [0, 0.1) is 0 Å². The van der Waals surface area contributed by atoms with Gasteiger partial charge < -0.3 is 5.32 Å². The monoisotopic (exact) mass is 317 g/mol. The number of hydrogen-bond acceptors (Lipinski definition) is 4. The molecule has 0 bridgehead atoms. The topological polar surface area (TPSA) is 61.4 Å². The summed E-state index contributed by atoms with van der Waals surface area (Å²) < 4.78 is 28.5. The smallest absolute Gasteiger partial charge is 0.279 e. The van der Waals surface area contributed by atoms with Gasteiger partial charge in [0.05, 0.1) is 6.04 Å². The van der Waals surface area contributed by atoms with E-state index in [1.165, 1.54) is 17.1 Å². The molecule has 114 valence electrons. The van der Waals surface area contributed by atoms with Gasteiger partial charge in [0, 0.05) is 24.5 Å². The minimum atomic E-state index is -3.41. The Morgan fingerprint density at radius 1 is 1.50 bits per heavy atom. The largest absolute Gasteiger partial charge is 0.314 e. The summed E-state index contributed by atoms with van der Waals surface area (Å²) in [7, 11) is -1.78. The molecule has 0 radical (unpaired) electrons. The first kappa shape index (κ1) is 15.9. The molecule has 1 heterocycles. The third-order valence-electron chi connectivity index (χ3n) is 3.37. The van der Waals surface area contributed by atoms with Crippen molar-refractivity contribution in [2.24, 2.45) is 0 Å². The first-order valence-corrected chi connectivity index (χ1v) is 9.31. The Balaban J connectivity index is 1.75. The Morgan fingerprint density at radius 2 is 2.25 bits per heavy atom. The lowest BCUT2D eigenvalue weighted by Crippen LogP contribution is -2.40. The lowest BCUT2D eigenvalue weighted by Gasteiger charge is -2.20. The van der Waals surface area contributed by atoms with Gasteiger partial charge >= 0.3 is 0 Å². The number of rotatable bonds is 9. The molecule has 1 unspecified atom stereocenters. The summed E-state index contributed by atoms with van der Waals surface area (Å²) in [6, 6.07) is 4.36. The van der Waals surface area contributed by atoms with Crippen molar-refractivity contribution < 1.29 is 8.42 Å². The van der Waals surface area contributed by atoms with Crippen LogP contribution in [-0.2, 0) is 10.2 Å². The van der Waals surface area contributed by atoms with E-state index in [1.54, 1.807) is 18.4 Å². The summed E-state index contributed by atoms with van der Waals surface area (Å²) in [5.41, 5.74) is 0. The van der Waals surface area contributed by atoms with Gasteiger partial charge in [0.1, 0.15) is 0 Å². The molecule has 0 aliphatic heterocycles. The summed E-state index contributed by atoms with van der Waals surface area (Å²) in [5.74, 6) is 0. The van der Waals surface area contributed by atoms with E-state index < -0.39 is 10.2 Å². The van der Waals surface area contributed by atoms with Crippen molar-refractivity contribution in [3.05, 3.63) is 22.4 Å². The predicted octanol–water partition coefficient (Wildman–Crippen LogP) is 1.72. The highest BCUT2D eigenvalue weighted by atomic mass is 32.2. The molecule has 1 aliphatic carbocycles. The molecule has 0 spiro atoms. The summed E-state index contributed by atoms with van der Waals surface area (Å²) >= 11 is 1.56. The SMILES string of the molecule is CC(NS(=O)(=O)N(C)CCCNC1CC1)c1cccs1. The average molecular weight is 317 g/mol. The molecule has 0 saturated heterocycles. The van der Waals surface area contributed by atoms with E-state index in [0.717, 1.165) is 17.8 Å². The zero-order valence-corrected chi connectivity index (χ0v) is 13.6. The first-order valence-electron chi connectivity index (χ1n) is 6.99. The van der Waals surface area contributed by atoms with Crippen LogP contribution in [0.1, 0.15) is 37.1 Å². The molecule has 5 nitrogen and oxygen atoms in total. The van der Waals surface area contributed by atoms with Gasteiger partial charge in [-0.2, -0.15) is 17.4 Å². The summed E-state index contributed by atoms with van der Waals surface area (Å²) in [6.45, 7) is 3.28. The normalized spacial score (nSPS) is 17.6. The van der Waals surface area contributed by atoms with Gasteiger partial charge in [0.25, 0.3) is 10.2 Å². The molecule has 1 aliphatic rings. The Morgan fingerprint density at radius 3 is 2.85 bits per heavy atom. The van der Waals surface area contributed by atoms with E-state index in [0.29, 0.717) is 12.6 Å². The van der Waals surface area contributed by atoms with Crippen LogP contribution in [0.25, 0.3) is 0 Å². The van der Waals surface area contributed by atoms with E-state index in [9.17, 15) is 8.42 Å². The summed E-state index contributed by atoms with van der Waals surface area (Å²) in [6.07, 6.45) is 3.35. The van der Waals surface area contributed by atoms with E-state index in [-0.39, 0.29) is 6.04 Å². The fourth-order valence-corrected chi connectivity index (χ4v) is 3.86. The maximum Gasteiger partial charge on any atom is 0.279 e. The van der Waals surface area contributed by atoms with E-state index >= 15 is 0 Å². The Kier molecular flexibility index (Phi) is 5.57. The zero-order valence-electron chi connectivity index (χ0n) is 12.0. The van der Waals surface area contributed by atoms with Crippen molar-refractivity contribution in [1.82, 2.24) is 14.3 Å². The molecule has 20 heavy (non-hydrogen) atoms. The van der Waals surface area contributed by atoms with Crippen LogP contribution in [0.15, 0.2) is 17.5 Å². The van der Waals surface area contributed by atoms with Crippen molar-refractivity contribution in [2.75, 3.05) is 20.1 Å². The number of nitrogens with one attached hydrogen (secondary N) is 2. The van der Waals surface area contributed by atoms with Crippen LogP contribution in [0.5, 0.6) is 0 Å². The second kappa shape index (κ2) is 7.00. The van der Waals surface area contributed by atoms with Crippen LogP contribution in [-0.4, -0.2) is 38.9 Å². The van der Waals surface area contributed by atoms with E-state index in [4.69, 9.17) is 0 Å². The second-order valence-electron chi connectivity index (χ2n) is 5.26. The van der Waals surface area contributed by atoms with Crippen molar-refractivity contribution in [3.63, 3.8) is 0 Å². The van der Waals surface area contributed by atoms with Crippen LogP contribution >= 0.6 is 11.3 Å². The highest BCUT2D eigenvalue weighted by Crippen LogP contribution is 2.20. The number of nitrogens with zero attached hydrogens (tertiary/aromatic N) is 1. The fourth-order valence-electron chi connectivity index (χ4n) is 1.92. The molecule has 2 N–H and O–H groups in total. The van der Waals surface area contributed by atoms with Gasteiger partial charge in [-0.1, -0.05) is 6.07 Å². The van der Waals surface area contributed by atoms with Crippen LogP contribution in [0.4, 0.5) is 0 Å². The molecule has 1 fully saturated rings. The predicted molar refractivity (Wildman–Crippen MR) is 83.1 cm³/mol. The second-order valence-corrected chi connectivity index (χ2v) is 8.05. The molecule has 2 rings (SSSR count). The van der Waals surface area contributed by atoms with Gasteiger partial charge in [-0.05, 0) is 44.2 Å². The Hall–Kier alpha value is -0.470. The zero-order chi connectivity index (χ0) is 14.6. The van der Waals surface area contributed by atoms with Crippen LogP contribution in [0.3, 0.4) is 0 Å². The third-order valence-corrected chi connectivity index (χ3v) is 6.08. The van der Waals surface area contributed by atoms with Crippen molar-refractivity contribution >= 4 is 21.5 Å². The standard InChI is InChI=1S/C13H23N3O2S2/c1-11(13-5-3-10-19-13)15-20(17,18)16(2)9-4-8-14-12-6-7-12/h3,5,10-12,14-15H,4,6-9H2,1-2H3. The molecule has 0 amide bonds. The molecule has 1 aromatic rings. The van der Waals surface area contributed by atoms with Crippen molar-refractivity contribution in [2.45, 2.75) is 38.3 Å². The molecule has 1 atom stereocenters. The van der Waals surface area contributed by atoms with Gasteiger partial charge in [0.15, 0.2) is 0 Å². The van der Waals surface area contributed by atoms with Crippen LogP contribution in [0.2, 0.25) is 0 Å². The van der Waals surface area contributed by atoms with Gasteiger partial charge in [-0.15, -0.1) is 11.3 Å². The van der Waals surface area contributed by atoms with E-state index in [1.807, 2.05) is 24.4 Å². The van der Waals surface area contributed by atoms with Gasteiger partial charge in [-0.3, -0.25) is 0 Å². The molecular formula is C13H23N3O2S2. The lowest BCUT2D eigenvalue weighted by molar-refractivity contribution is 0.438. The molecular weight excluding hydrogens is 294 g/mol. The number of thiophene rings is 1. The minimum absolute atomic E-state index is 0.188. The maximum absolute atomic E-state index is 12.2. The van der Waals surface area contributed by atoms with E-state index in [2.05, 4.69) is 10.0 Å². The van der Waals surface area contributed by atoms with Crippen LogP contribution < -0.4 is 10.0 Å². The fraction of sp³-hybridized carbons (Fsp3) is 0.692. The summed E-state index contributed by atoms with van der Waals surface area (Å²) in [5, 5.41) is 5.34. The third kappa shape index (κ3) is 4.82. The minimum Gasteiger partial charge on any atom is -0.314 e. The molecule has 1 saturated carbocycles. The molecule has 0 aromatic carbocycles. The maximum atomic E-state index is 12.2. The highest BCUT2D eigenvalue weighted by Gasteiger charge is 2.22. The van der Waals surface area contributed by atoms with Crippen molar-refractivity contribution in [1.29, 1.82) is 0 Å². The first-order chi connectivity index (χ1) is 9.49.